The summed E-state index contributed by atoms with van der Waals surface area (Å²) in [5.74, 6) is -0.245. The van der Waals surface area contributed by atoms with Crippen LogP contribution in [0, 0.1) is 0 Å². The molecule has 0 bridgehead atoms. The molecule has 0 spiro atoms. The Kier molecular flexibility index (Phi) is 16.6. The molecule has 0 aliphatic carbocycles. The van der Waals surface area contributed by atoms with Crippen molar-refractivity contribution in [2.75, 3.05) is 52.6 Å². The molecule has 3 aliphatic heterocycles. The maximum absolute atomic E-state index is 13.6. The third-order valence-electron chi connectivity index (χ3n) is 11.0. The number of aryl methyl sites for hydroxylation is 1. The monoisotopic (exact) mass is 1080 g/mol. The van der Waals surface area contributed by atoms with E-state index in [4.69, 9.17) is 62.7 Å². The number of anilines is 2. The van der Waals surface area contributed by atoms with E-state index in [9.17, 15) is 47.7 Å². The smallest absolute Gasteiger partial charge is 0.388 e. The van der Waals surface area contributed by atoms with E-state index < -0.39 is 130 Å². The summed E-state index contributed by atoms with van der Waals surface area (Å²) in [5.41, 5.74) is 11.5. The van der Waals surface area contributed by atoms with Crippen LogP contribution >= 0.6 is 31.3 Å². The number of nitrogens with two attached hydrogens (primary N) is 2. The van der Waals surface area contributed by atoms with Crippen molar-refractivity contribution in [3.05, 3.63) is 29.3 Å². The van der Waals surface area contributed by atoms with Crippen molar-refractivity contribution in [1.29, 1.82) is 0 Å². The second-order valence-electron chi connectivity index (χ2n) is 16.1. The van der Waals surface area contributed by atoms with E-state index in [1.165, 1.54) is 40.6 Å². The summed E-state index contributed by atoms with van der Waals surface area (Å²) >= 11 is 0. The fraction of sp³-hybridized carbons (Fsp3) is 0.697. The highest BCUT2D eigenvalue weighted by molar-refractivity contribution is 7.66. The van der Waals surface area contributed by atoms with Crippen LogP contribution in [0.15, 0.2) is 23.8 Å². The molecule has 3 aliphatic rings. The molecular weight excluding hydrogens is 1030 g/mol. The minimum atomic E-state index is -6.10. The van der Waals surface area contributed by atoms with Crippen LogP contribution in [0.1, 0.15) is 33.2 Å². The van der Waals surface area contributed by atoms with E-state index in [0.717, 1.165) is 13.4 Å². The minimum absolute atomic E-state index is 0.0314. The summed E-state index contributed by atoms with van der Waals surface area (Å²) in [4.78, 5) is 73.9. The summed E-state index contributed by atoms with van der Waals surface area (Å²) in [7, 11) is -17.6. The lowest BCUT2D eigenvalue weighted by atomic mass is 10.1. The van der Waals surface area contributed by atoms with Gasteiger partial charge < -0.3 is 69.3 Å². The molecule has 7 heterocycles. The van der Waals surface area contributed by atoms with Gasteiger partial charge >= 0.3 is 36.9 Å². The molecule has 3 saturated heterocycles. The molecule has 33 nitrogen and oxygen atoms in total. The number of nitrogen functional groups attached to an aromatic ring is 2. The van der Waals surface area contributed by atoms with Gasteiger partial charge in [-0.1, -0.05) is 4.98 Å². The Morgan fingerprint density at radius 2 is 1.39 bits per heavy atom. The quantitative estimate of drug-likeness (QED) is 0.0353. The van der Waals surface area contributed by atoms with E-state index in [2.05, 4.69) is 33.5 Å². The number of hydrogen-bond acceptors (Lipinski definition) is 25. The number of H-pyrrole nitrogens is 1. The van der Waals surface area contributed by atoms with Gasteiger partial charge in [-0.25, -0.2) is 37.8 Å². The third kappa shape index (κ3) is 11.9. The highest BCUT2D eigenvalue weighted by Crippen LogP contribution is 2.68. The van der Waals surface area contributed by atoms with Gasteiger partial charge in [-0.3, -0.25) is 37.0 Å². The summed E-state index contributed by atoms with van der Waals surface area (Å²) in [5, 5.41) is 10.6. The normalized spacial score (nSPS) is 31.8. The number of phosphoric acid groups is 4. The number of imidazole rings is 2. The number of nitrogens with one attached hydrogen (secondary N) is 1. The van der Waals surface area contributed by atoms with E-state index in [1.54, 1.807) is 27.8 Å². The fourth-order valence-electron chi connectivity index (χ4n) is 8.11. The molecule has 0 aromatic carbocycles. The molecule has 3 fully saturated rings. The van der Waals surface area contributed by atoms with Gasteiger partial charge in [-0.15, -0.1) is 0 Å². The van der Waals surface area contributed by atoms with Crippen molar-refractivity contribution in [1.82, 2.24) is 34.1 Å². The number of phosphoric ester groups is 3. The molecule has 0 amide bonds. The van der Waals surface area contributed by atoms with Gasteiger partial charge in [0, 0.05) is 21.3 Å². The second-order valence-corrected chi connectivity index (χ2v) is 22.1. The molecule has 4 aromatic heterocycles. The van der Waals surface area contributed by atoms with Crippen LogP contribution < -0.4 is 21.6 Å². The molecule has 37 heteroatoms. The molecular formula is C33H53N10O23P4+. The van der Waals surface area contributed by atoms with Crippen LogP contribution in [0.5, 0.6) is 0 Å². The van der Waals surface area contributed by atoms with E-state index in [1.807, 2.05) is 0 Å². The van der Waals surface area contributed by atoms with Crippen molar-refractivity contribution in [3.8, 4) is 0 Å². The maximum atomic E-state index is 13.6. The number of rotatable bonds is 22. The molecule has 16 atom stereocenters. The van der Waals surface area contributed by atoms with Crippen molar-refractivity contribution in [3.63, 3.8) is 0 Å². The first kappa shape index (κ1) is 54.5. The molecule has 10 N–H and O–H groups in total. The lowest BCUT2D eigenvalue weighted by molar-refractivity contribution is -0.746. The number of nitrogens with zero attached hydrogens (tertiary/aromatic N) is 7. The van der Waals surface area contributed by atoms with Gasteiger partial charge in [-0.05, 0) is 20.8 Å². The number of methoxy groups -OCH3 is 3. The van der Waals surface area contributed by atoms with Gasteiger partial charge in [0.2, 0.25) is 11.7 Å². The Hall–Kier alpha value is -3.30. The Morgan fingerprint density at radius 1 is 0.800 bits per heavy atom. The van der Waals surface area contributed by atoms with Crippen molar-refractivity contribution >= 4 is 65.4 Å². The summed E-state index contributed by atoms with van der Waals surface area (Å²) in [6.45, 7) is 2.28. The number of aliphatic hydroxyl groups is 1. The molecule has 392 valence electrons. The number of aliphatic hydroxyl groups excluding tert-OH is 1. The highest BCUT2D eigenvalue weighted by atomic mass is 31.3. The summed E-state index contributed by atoms with van der Waals surface area (Å²) in [6.07, 6.45) is -11.2. The van der Waals surface area contributed by atoms with Crippen molar-refractivity contribution in [2.45, 2.75) is 100 Å². The molecule has 70 heavy (non-hydrogen) atoms. The van der Waals surface area contributed by atoms with Crippen LogP contribution in [0.3, 0.4) is 0 Å². The van der Waals surface area contributed by atoms with Gasteiger partial charge in [0.15, 0.2) is 24.0 Å². The van der Waals surface area contributed by atoms with Crippen molar-refractivity contribution < 1.29 is 107 Å². The first-order chi connectivity index (χ1) is 32.8. The zero-order chi connectivity index (χ0) is 51.2. The van der Waals surface area contributed by atoms with Crippen molar-refractivity contribution in [2.24, 2.45) is 7.05 Å². The third-order valence-corrected chi connectivity index (χ3v) is 16.2. The first-order valence-electron chi connectivity index (χ1n) is 20.7. The fourth-order valence-corrected chi connectivity index (χ4v) is 12.6. The zero-order valence-electron chi connectivity index (χ0n) is 38.0. The number of ether oxygens (including phenoxy) is 7. The number of hydrogen-bond donors (Lipinski definition) is 8. The predicted molar refractivity (Wildman–Crippen MR) is 230 cm³/mol. The average molecular weight is 1080 g/mol. The molecule has 7 rings (SSSR count). The van der Waals surface area contributed by atoms with Crippen LogP contribution in [0.4, 0.5) is 11.8 Å². The first-order valence-corrected chi connectivity index (χ1v) is 26.7. The van der Waals surface area contributed by atoms with Gasteiger partial charge in [0.05, 0.1) is 45.4 Å². The van der Waals surface area contributed by atoms with Gasteiger partial charge in [0.25, 0.3) is 11.5 Å². The summed E-state index contributed by atoms with van der Waals surface area (Å²) in [6, 6.07) is 0. The van der Waals surface area contributed by atoms with E-state index in [-0.39, 0.29) is 40.2 Å². The topological polar surface area (TPSA) is 440 Å². The number of aromatic nitrogens is 8. The Bertz CT molecular complexity index is 2770. The Balaban J connectivity index is 1.03. The Morgan fingerprint density at radius 3 is 1.99 bits per heavy atom. The summed E-state index contributed by atoms with van der Waals surface area (Å²) < 4.78 is 126. The van der Waals surface area contributed by atoms with Crippen LogP contribution in [0.25, 0.3) is 22.3 Å². The van der Waals surface area contributed by atoms with E-state index >= 15 is 0 Å². The Labute approximate surface area is 395 Å². The van der Waals surface area contributed by atoms with Crippen LogP contribution in [0.2, 0.25) is 0 Å². The molecule has 4 aromatic rings. The molecule has 0 radical (unpaired) electrons. The number of aromatic amines is 1. The van der Waals surface area contributed by atoms with E-state index in [0.29, 0.717) is 0 Å². The standard InChI is InChI=1S/C33H52N10O23P4/c1-14(2)60-22-16(61-15(3)21(22)44)8-57-67(46,47)64-24-18(63-31(26(24)56-7)42-12-38-19-27(34)36-11-37-28(19)42)10-59-69(50,51)66-70(52,53)65-68(48,49)58-9-17-23(54-5)25(55-6)32(62-17)43-13-41(4)20-29(43)39-33(35)40-30(20)45/h11-18,21-26,31-32,44H,8-10H2,1-7H3,(H8-,34,35,36,37,39,40,45,46,47,48,49,50,51,52,53)/p+1/t15-,16+,17+,18+,21?,22-,23-,24-,25?,26?,31+,32+/m0/s1. The maximum Gasteiger partial charge on any atom is 0.490 e. The van der Waals surface area contributed by atoms with Gasteiger partial charge in [0.1, 0.15) is 66.8 Å². The minimum Gasteiger partial charge on any atom is -0.388 e. The average Bonchev–Trinajstić information content (AvgIpc) is 4.06. The SMILES string of the molecule is COC1[C@@H](OP(=O)(O)OC[C@H]2O[C@@H](C)C(O)[C@H]2OC(C)C)[C@@H](COP(=O)(O)OP(=O)(O)OP(=O)(O)OC[C@H]2O[C@@H]([n+]3cn(C)c4c(=O)[nH]c(N)nc43)C(OC)[C@H]2OC)O[C@H]1n1cnc2c(N)ncnc21. The van der Waals surface area contributed by atoms with Gasteiger partial charge in [-0.2, -0.15) is 8.62 Å². The molecule has 0 saturated carbocycles. The number of fused-ring (bicyclic) bond motifs is 2. The largest absolute Gasteiger partial charge is 0.490 e. The molecule has 7 unspecified atom stereocenters. The lowest BCUT2D eigenvalue weighted by Crippen LogP contribution is -2.47. The zero-order valence-corrected chi connectivity index (χ0v) is 41.6. The van der Waals surface area contributed by atoms with Crippen LogP contribution in [-0.2, 0) is 85.2 Å². The van der Waals surface area contributed by atoms with Crippen LogP contribution in [-0.4, -0.2) is 167 Å². The predicted octanol–water partition coefficient (Wildman–Crippen LogP) is -0.795. The second kappa shape index (κ2) is 21.3. The lowest BCUT2D eigenvalue weighted by Gasteiger charge is -2.27. The highest BCUT2D eigenvalue weighted by Gasteiger charge is 2.54.